The molecule has 1 aliphatic rings. The smallest absolute Gasteiger partial charge is 0.265 e. The number of nitrogens with zero attached hydrogens (tertiary/aromatic N) is 2. The number of ether oxygens (including phenoxy) is 1. The fourth-order valence-corrected chi connectivity index (χ4v) is 5.92. The Morgan fingerprint density at radius 3 is 2.59 bits per heavy atom. The first kappa shape index (κ1) is 18.1. The molecule has 4 aromatic rings. The Bertz CT molecular complexity index is 1310. The van der Waals surface area contributed by atoms with E-state index in [-0.39, 0.29) is 6.54 Å². The summed E-state index contributed by atoms with van der Waals surface area (Å²) in [5, 5.41) is 4.42. The molecule has 0 unspecified atom stereocenters. The highest BCUT2D eigenvalue weighted by Crippen LogP contribution is 2.42. The number of aromatic nitrogens is 1. The highest BCUT2D eigenvalue weighted by Gasteiger charge is 2.35. The van der Waals surface area contributed by atoms with Gasteiger partial charge in [0.2, 0.25) is 0 Å². The van der Waals surface area contributed by atoms with Crippen molar-refractivity contribution in [3.8, 4) is 5.75 Å². The van der Waals surface area contributed by atoms with E-state index in [9.17, 15) is 8.42 Å². The van der Waals surface area contributed by atoms with Crippen molar-refractivity contribution in [1.82, 2.24) is 4.98 Å². The Morgan fingerprint density at radius 1 is 1.03 bits per heavy atom. The van der Waals surface area contributed by atoms with E-state index in [1.54, 1.807) is 12.1 Å². The topological polar surface area (TPSA) is 59.5 Å². The third kappa shape index (κ3) is 3.16. The Morgan fingerprint density at radius 2 is 1.79 bits per heavy atom. The van der Waals surface area contributed by atoms with Gasteiger partial charge in [0.1, 0.15) is 17.4 Å². The molecule has 0 amide bonds. The average Bonchev–Trinajstić information content (AvgIpc) is 3.26. The maximum atomic E-state index is 13.1. The van der Waals surface area contributed by atoms with Crippen LogP contribution in [-0.4, -0.2) is 13.4 Å². The molecule has 0 atom stereocenters. The van der Waals surface area contributed by atoms with Crippen LogP contribution in [0.2, 0.25) is 0 Å². The lowest BCUT2D eigenvalue weighted by molar-refractivity contribution is 0.305. The molecule has 3 aromatic carbocycles. The molecule has 0 aliphatic carbocycles. The molecule has 146 valence electrons. The van der Waals surface area contributed by atoms with E-state index in [2.05, 4.69) is 4.98 Å². The second kappa shape index (κ2) is 6.86. The van der Waals surface area contributed by atoms with Crippen molar-refractivity contribution in [2.45, 2.75) is 25.0 Å². The van der Waals surface area contributed by atoms with E-state index in [1.165, 1.54) is 21.2 Å². The van der Waals surface area contributed by atoms with Crippen LogP contribution >= 0.6 is 11.3 Å². The van der Waals surface area contributed by atoms with Gasteiger partial charge in [0.25, 0.3) is 10.0 Å². The van der Waals surface area contributed by atoms with Gasteiger partial charge in [-0.25, -0.2) is 13.4 Å². The highest BCUT2D eigenvalue weighted by molar-refractivity contribution is 7.93. The Labute approximate surface area is 173 Å². The highest BCUT2D eigenvalue weighted by atomic mass is 32.2. The summed E-state index contributed by atoms with van der Waals surface area (Å²) in [6.07, 6.45) is 0. The number of thiazole rings is 1. The zero-order valence-electron chi connectivity index (χ0n) is 15.7. The molecule has 1 aromatic heterocycles. The van der Waals surface area contributed by atoms with Crippen LogP contribution in [0.3, 0.4) is 0 Å². The molecule has 0 fully saturated rings. The number of hydrogen-bond acceptors (Lipinski definition) is 5. The molecule has 0 saturated heterocycles. The van der Waals surface area contributed by atoms with E-state index in [0.29, 0.717) is 22.9 Å². The lowest BCUT2D eigenvalue weighted by atomic mass is 10.1. The summed E-state index contributed by atoms with van der Waals surface area (Å²) in [4.78, 5) is 4.95. The van der Waals surface area contributed by atoms with Crippen LogP contribution in [0.25, 0.3) is 10.8 Å². The summed E-state index contributed by atoms with van der Waals surface area (Å²) < 4.78 is 33.4. The predicted octanol–water partition coefficient (Wildman–Crippen LogP) is 4.89. The number of aryl methyl sites for hydroxylation is 1. The molecule has 29 heavy (non-hydrogen) atoms. The van der Waals surface area contributed by atoms with Crippen LogP contribution in [-0.2, 0) is 23.2 Å². The summed E-state index contributed by atoms with van der Waals surface area (Å²) in [5.41, 5.74) is 2.60. The molecule has 0 saturated carbocycles. The van der Waals surface area contributed by atoms with Crippen LogP contribution in [0.15, 0.2) is 70.9 Å². The van der Waals surface area contributed by atoms with Gasteiger partial charge in [-0.05, 0) is 36.6 Å². The van der Waals surface area contributed by atoms with Crippen LogP contribution in [0.5, 0.6) is 5.75 Å². The van der Waals surface area contributed by atoms with Crippen molar-refractivity contribution in [2.75, 3.05) is 4.31 Å². The molecule has 5 nitrogen and oxygen atoms in total. The van der Waals surface area contributed by atoms with Crippen molar-refractivity contribution in [3.63, 3.8) is 0 Å². The average molecular weight is 423 g/mol. The second-order valence-electron chi connectivity index (χ2n) is 6.98. The summed E-state index contributed by atoms with van der Waals surface area (Å²) in [5.74, 6) is 0.789. The number of sulfonamides is 1. The van der Waals surface area contributed by atoms with Gasteiger partial charge in [0.05, 0.1) is 22.8 Å². The fourth-order valence-electron chi connectivity index (χ4n) is 3.54. The van der Waals surface area contributed by atoms with Crippen LogP contribution in [0.1, 0.15) is 16.3 Å². The normalized spacial score (nSPS) is 14.4. The van der Waals surface area contributed by atoms with Crippen molar-refractivity contribution >= 4 is 37.8 Å². The van der Waals surface area contributed by atoms with Gasteiger partial charge >= 0.3 is 0 Å². The lowest BCUT2D eigenvalue weighted by Crippen LogP contribution is -2.26. The molecule has 0 spiro atoms. The minimum atomic E-state index is -3.58. The van der Waals surface area contributed by atoms with E-state index >= 15 is 0 Å². The zero-order chi connectivity index (χ0) is 20.0. The lowest BCUT2D eigenvalue weighted by Gasteiger charge is -2.17. The van der Waals surface area contributed by atoms with Gasteiger partial charge in [-0.3, -0.25) is 4.31 Å². The second-order valence-corrected chi connectivity index (χ2v) is 9.75. The summed E-state index contributed by atoms with van der Waals surface area (Å²) in [7, 11) is -3.58. The van der Waals surface area contributed by atoms with Crippen molar-refractivity contribution in [3.05, 3.63) is 82.3 Å². The zero-order valence-corrected chi connectivity index (χ0v) is 17.3. The van der Waals surface area contributed by atoms with Crippen molar-refractivity contribution in [2.24, 2.45) is 0 Å². The van der Waals surface area contributed by atoms with E-state index in [0.717, 1.165) is 21.5 Å². The van der Waals surface area contributed by atoms with Gasteiger partial charge < -0.3 is 4.74 Å². The maximum Gasteiger partial charge on any atom is 0.265 e. The molecular weight excluding hydrogens is 404 g/mol. The molecule has 7 heteroatoms. The van der Waals surface area contributed by atoms with Gasteiger partial charge in [0, 0.05) is 10.8 Å². The van der Waals surface area contributed by atoms with Crippen LogP contribution in [0.4, 0.5) is 5.69 Å². The number of hydrogen-bond donors (Lipinski definition) is 0. The number of anilines is 1. The SMILES string of the molecule is Cc1ccc(OCc2nc(CN3c4cccc5cccc(c45)S3(=O)=O)cs2)cc1. The third-order valence-electron chi connectivity index (χ3n) is 4.97. The first-order valence-corrected chi connectivity index (χ1v) is 11.5. The minimum Gasteiger partial charge on any atom is -0.486 e. The van der Waals surface area contributed by atoms with Gasteiger partial charge in [-0.2, -0.15) is 0 Å². The quantitative estimate of drug-likeness (QED) is 0.459. The Balaban J connectivity index is 1.38. The Kier molecular flexibility index (Phi) is 4.29. The maximum absolute atomic E-state index is 13.1. The molecular formula is C22H18N2O3S2. The summed E-state index contributed by atoms with van der Waals surface area (Å²) in [6.45, 7) is 2.59. The predicted molar refractivity (Wildman–Crippen MR) is 115 cm³/mol. The van der Waals surface area contributed by atoms with Gasteiger partial charge in [-0.1, -0.05) is 42.0 Å². The summed E-state index contributed by atoms with van der Waals surface area (Å²) in [6, 6.07) is 18.9. The standard InChI is InChI=1S/C22H18N2O3S2/c1-15-8-10-18(11-9-15)27-13-21-23-17(14-28-21)12-24-19-6-2-4-16-5-3-7-20(22(16)19)29(24,25)26/h2-11,14H,12-13H2,1H3. The molecule has 2 heterocycles. The first-order chi connectivity index (χ1) is 14.0. The van der Waals surface area contributed by atoms with Crippen LogP contribution in [0, 0.1) is 6.92 Å². The van der Waals surface area contributed by atoms with E-state index in [4.69, 9.17) is 4.74 Å². The van der Waals surface area contributed by atoms with Crippen molar-refractivity contribution in [1.29, 1.82) is 0 Å². The number of rotatable bonds is 5. The van der Waals surface area contributed by atoms with E-state index < -0.39 is 10.0 Å². The molecule has 0 bridgehead atoms. The summed E-state index contributed by atoms with van der Waals surface area (Å²) >= 11 is 1.47. The molecule has 5 rings (SSSR count). The first-order valence-electron chi connectivity index (χ1n) is 9.19. The minimum absolute atomic E-state index is 0.206. The largest absolute Gasteiger partial charge is 0.486 e. The fraction of sp³-hybridized carbons (Fsp3) is 0.136. The van der Waals surface area contributed by atoms with Crippen LogP contribution < -0.4 is 9.04 Å². The van der Waals surface area contributed by atoms with Gasteiger partial charge in [0.15, 0.2) is 0 Å². The molecule has 0 N–H and O–H groups in total. The third-order valence-corrected chi connectivity index (χ3v) is 7.64. The number of benzene rings is 3. The Hall–Kier alpha value is -2.90. The molecule has 1 aliphatic heterocycles. The van der Waals surface area contributed by atoms with E-state index in [1.807, 2.05) is 60.8 Å². The monoisotopic (exact) mass is 422 g/mol. The van der Waals surface area contributed by atoms with Crippen molar-refractivity contribution < 1.29 is 13.2 Å². The van der Waals surface area contributed by atoms with Gasteiger partial charge in [-0.15, -0.1) is 11.3 Å². The molecule has 0 radical (unpaired) electrons.